The minimum Gasteiger partial charge on any atom is -0.280 e. The summed E-state index contributed by atoms with van der Waals surface area (Å²) in [6.07, 6.45) is 1.54. The molecule has 1 aromatic heterocycles. The van der Waals surface area contributed by atoms with E-state index in [0.29, 0.717) is 12.4 Å². The second-order valence-electron chi connectivity index (χ2n) is 3.13. The highest BCUT2D eigenvalue weighted by Crippen LogP contribution is 2.06. The smallest absolute Gasteiger partial charge is 0.280 e. The Balaban J connectivity index is 2.60. The van der Waals surface area contributed by atoms with Gasteiger partial charge in [-0.25, -0.2) is 0 Å². The molecule has 0 saturated carbocycles. The molecule has 0 aromatic carbocycles. The summed E-state index contributed by atoms with van der Waals surface area (Å²) in [5, 5.41) is 6.55. The van der Waals surface area contributed by atoms with Crippen molar-refractivity contribution in [3.8, 4) is 0 Å². The van der Waals surface area contributed by atoms with E-state index >= 15 is 0 Å². The zero-order chi connectivity index (χ0) is 11.3. The lowest BCUT2D eigenvalue weighted by Crippen LogP contribution is -2.30. The van der Waals surface area contributed by atoms with Gasteiger partial charge in [0, 0.05) is 18.3 Å². The molecule has 0 saturated heterocycles. The Bertz CT molecular complexity index is 399. The third kappa shape index (κ3) is 3.88. The second-order valence-corrected chi connectivity index (χ2v) is 4.63. The quantitative estimate of drug-likeness (QED) is 0.672. The molecule has 0 atom stereocenters. The van der Waals surface area contributed by atoms with Gasteiger partial charge in [0.25, 0.3) is 10.2 Å². The van der Waals surface area contributed by atoms with Gasteiger partial charge in [-0.3, -0.25) is 9.82 Å². The van der Waals surface area contributed by atoms with Crippen LogP contribution in [0.3, 0.4) is 0 Å². The molecule has 6 nitrogen and oxygen atoms in total. The van der Waals surface area contributed by atoms with Crippen molar-refractivity contribution in [3.63, 3.8) is 0 Å². The summed E-state index contributed by atoms with van der Waals surface area (Å²) in [5.74, 6) is 0.315. The van der Waals surface area contributed by atoms with Crippen molar-refractivity contribution < 1.29 is 8.42 Å². The van der Waals surface area contributed by atoms with Crippen molar-refractivity contribution in [1.29, 1.82) is 0 Å². The van der Waals surface area contributed by atoms with Crippen molar-refractivity contribution in [2.24, 2.45) is 0 Å². The van der Waals surface area contributed by atoms with E-state index in [-0.39, 0.29) is 0 Å². The number of aromatic nitrogens is 2. The Morgan fingerprint density at radius 3 is 2.73 bits per heavy atom. The Morgan fingerprint density at radius 1 is 1.47 bits per heavy atom. The first-order valence-corrected chi connectivity index (χ1v) is 6.37. The van der Waals surface area contributed by atoms with Gasteiger partial charge in [-0.1, -0.05) is 13.8 Å². The molecule has 0 spiro atoms. The van der Waals surface area contributed by atoms with Crippen LogP contribution in [-0.2, 0) is 16.6 Å². The molecule has 1 heterocycles. The number of anilines is 1. The number of aromatic amines is 1. The topological polar surface area (TPSA) is 86.9 Å². The molecule has 0 aliphatic carbocycles. The zero-order valence-corrected chi connectivity index (χ0v) is 9.69. The molecular weight excluding hydrogens is 216 g/mol. The molecule has 0 bridgehead atoms. The summed E-state index contributed by atoms with van der Waals surface area (Å²) < 4.78 is 27.5. The molecule has 0 aliphatic rings. The summed E-state index contributed by atoms with van der Waals surface area (Å²) >= 11 is 0. The van der Waals surface area contributed by atoms with E-state index in [1.54, 1.807) is 6.07 Å². The number of hydrogen-bond donors (Lipinski definition) is 3. The van der Waals surface area contributed by atoms with E-state index in [1.807, 2.05) is 13.8 Å². The standard InChI is InChI=1S/C8H16N4O2S/c1-3-5-9-15(13,14)12-8-6-7(4-2)10-11-8/h6,9H,3-5H2,1-2H3,(H2,10,11,12). The fraction of sp³-hybridized carbons (Fsp3) is 0.625. The summed E-state index contributed by atoms with van der Waals surface area (Å²) in [6.45, 7) is 4.27. The Hall–Kier alpha value is -1.08. The van der Waals surface area contributed by atoms with Crippen LogP contribution in [0.15, 0.2) is 6.07 Å². The number of hydrogen-bond acceptors (Lipinski definition) is 3. The van der Waals surface area contributed by atoms with E-state index in [1.165, 1.54) is 0 Å². The zero-order valence-electron chi connectivity index (χ0n) is 8.87. The lowest BCUT2D eigenvalue weighted by molar-refractivity contribution is 0.586. The molecule has 7 heteroatoms. The van der Waals surface area contributed by atoms with Crippen LogP contribution in [0.25, 0.3) is 0 Å². The summed E-state index contributed by atoms with van der Waals surface area (Å²) in [5.41, 5.74) is 0.892. The maximum absolute atomic E-state index is 11.4. The number of nitrogens with one attached hydrogen (secondary N) is 3. The Labute approximate surface area is 89.6 Å². The van der Waals surface area contributed by atoms with Crippen LogP contribution in [0.5, 0.6) is 0 Å². The molecule has 0 fully saturated rings. The average molecular weight is 232 g/mol. The van der Waals surface area contributed by atoms with Crippen LogP contribution >= 0.6 is 0 Å². The summed E-state index contributed by atoms with van der Waals surface area (Å²) in [6, 6.07) is 1.67. The molecular formula is C8H16N4O2S. The fourth-order valence-electron chi connectivity index (χ4n) is 1.01. The number of rotatable bonds is 6. The third-order valence-electron chi connectivity index (χ3n) is 1.79. The minimum atomic E-state index is -3.47. The Kier molecular flexibility index (Phi) is 4.10. The maximum Gasteiger partial charge on any atom is 0.300 e. The Morgan fingerprint density at radius 2 is 2.20 bits per heavy atom. The molecule has 0 unspecified atom stereocenters. The van der Waals surface area contributed by atoms with E-state index in [0.717, 1.165) is 18.5 Å². The number of aryl methyl sites for hydroxylation is 1. The van der Waals surface area contributed by atoms with Gasteiger partial charge in [0.2, 0.25) is 0 Å². The van der Waals surface area contributed by atoms with Gasteiger partial charge in [0.15, 0.2) is 5.82 Å². The van der Waals surface area contributed by atoms with Gasteiger partial charge in [-0.15, -0.1) is 0 Å². The van der Waals surface area contributed by atoms with Crippen LogP contribution < -0.4 is 9.44 Å². The van der Waals surface area contributed by atoms with Crippen LogP contribution in [0.4, 0.5) is 5.82 Å². The molecule has 86 valence electrons. The molecule has 0 aliphatic heterocycles. The molecule has 1 aromatic rings. The van der Waals surface area contributed by atoms with Crippen LogP contribution in [0.2, 0.25) is 0 Å². The predicted octanol–water partition coefficient (Wildman–Crippen LogP) is 0.628. The summed E-state index contributed by atoms with van der Waals surface area (Å²) in [7, 11) is -3.47. The van der Waals surface area contributed by atoms with Gasteiger partial charge < -0.3 is 0 Å². The van der Waals surface area contributed by atoms with Crippen molar-refractivity contribution in [2.45, 2.75) is 26.7 Å². The monoisotopic (exact) mass is 232 g/mol. The SMILES string of the molecule is CCCNS(=O)(=O)Nc1cc(CC)[nH]n1. The van der Waals surface area contributed by atoms with Gasteiger partial charge in [0.1, 0.15) is 0 Å². The second kappa shape index (κ2) is 5.13. The summed E-state index contributed by atoms with van der Waals surface area (Å²) in [4.78, 5) is 0. The predicted molar refractivity (Wildman–Crippen MR) is 58.8 cm³/mol. The first kappa shape index (κ1) is 12.0. The first-order valence-electron chi connectivity index (χ1n) is 4.89. The molecule has 3 N–H and O–H groups in total. The van der Waals surface area contributed by atoms with E-state index in [2.05, 4.69) is 19.6 Å². The highest BCUT2D eigenvalue weighted by molar-refractivity contribution is 7.90. The van der Waals surface area contributed by atoms with Crippen LogP contribution in [-0.4, -0.2) is 25.2 Å². The molecule has 1 rings (SSSR count). The normalized spacial score (nSPS) is 11.6. The van der Waals surface area contributed by atoms with Crippen LogP contribution in [0.1, 0.15) is 26.0 Å². The highest BCUT2D eigenvalue weighted by Gasteiger charge is 2.10. The first-order chi connectivity index (χ1) is 7.07. The largest absolute Gasteiger partial charge is 0.300 e. The van der Waals surface area contributed by atoms with E-state index < -0.39 is 10.2 Å². The number of nitrogens with zero attached hydrogens (tertiary/aromatic N) is 1. The third-order valence-corrected chi connectivity index (χ3v) is 2.85. The molecule has 15 heavy (non-hydrogen) atoms. The van der Waals surface area contributed by atoms with Crippen molar-refractivity contribution >= 4 is 16.0 Å². The van der Waals surface area contributed by atoms with Gasteiger partial charge in [-0.05, 0) is 12.8 Å². The maximum atomic E-state index is 11.4. The van der Waals surface area contributed by atoms with E-state index in [4.69, 9.17) is 0 Å². The molecule has 0 radical (unpaired) electrons. The number of H-pyrrole nitrogens is 1. The van der Waals surface area contributed by atoms with Crippen molar-refractivity contribution in [1.82, 2.24) is 14.9 Å². The van der Waals surface area contributed by atoms with Crippen molar-refractivity contribution in [2.75, 3.05) is 11.3 Å². The molecule has 0 amide bonds. The van der Waals surface area contributed by atoms with Gasteiger partial charge in [0.05, 0.1) is 0 Å². The lowest BCUT2D eigenvalue weighted by atomic mass is 10.3. The highest BCUT2D eigenvalue weighted by atomic mass is 32.2. The van der Waals surface area contributed by atoms with E-state index in [9.17, 15) is 8.42 Å². The van der Waals surface area contributed by atoms with Gasteiger partial charge >= 0.3 is 0 Å². The lowest BCUT2D eigenvalue weighted by Gasteiger charge is -2.04. The fourth-order valence-corrected chi connectivity index (χ4v) is 1.93. The average Bonchev–Trinajstić information content (AvgIpc) is 2.62. The minimum absolute atomic E-state index is 0.315. The van der Waals surface area contributed by atoms with Crippen molar-refractivity contribution in [3.05, 3.63) is 11.8 Å². The van der Waals surface area contributed by atoms with Crippen LogP contribution in [0, 0.1) is 0 Å². The van der Waals surface area contributed by atoms with Gasteiger partial charge in [-0.2, -0.15) is 18.2 Å².